The van der Waals surface area contributed by atoms with E-state index in [1.807, 2.05) is 66.7 Å². The largest absolute Gasteiger partial charge is 0.387 e. The van der Waals surface area contributed by atoms with Crippen molar-refractivity contribution >= 4 is 28.8 Å². The number of aliphatic hydroxyl groups excluding tert-OH is 2. The van der Waals surface area contributed by atoms with Gasteiger partial charge in [-0.05, 0) is 30.0 Å². The van der Waals surface area contributed by atoms with E-state index < -0.39 is 36.4 Å². The number of amides is 2. The Morgan fingerprint density at radius 3 is 2.15 bits per heavy atom. The number of aliphatic hydroxyl groups is 2. The highest BCUT2D eigenvalue weighted by Crippen LogP contribution is 2.33. The molecule has 0 bridgehead atoms. The molecule has 5 aromatic rings. The second-order valence-electron chi connectivity index (χ2n) is 11.3. The number of rotatable bonds is 12. The van der Waals surface area contributed by atoms with Gasteiger partial charge in [-0.3, -0.25) is 14.2 Å². The van der Waals surface area contributed by atoms with Crippen LogP contribution in [0.15, 0.2) is 97.3 Å². The summed E-state index contributed by atoms with van der Waals surface area (Å²) in [5.74, 6) is -0.893. The molecule has 0 saturated carbocycles. The number of hydrogen-bond acceptors (Lipinski definition) is 9. The first-order chi connectivity index (χ1) is 22.9. The third kappa shape index (κ3) is 6.99. The number of benzene rings is 3. The standard InChI is InChI=1S/C35H37N7O5/c1-2-36-33(45)29-27(43)28(44)35(47-29)42-21-39-26-30(38-20-25(23-14-8-4-9-15-23)24-16-10-5-11-17-24)40-31(41-32(26)42)34(46)37-19-18-22-12-6-3-7-13-22/h3-17,21,25,27-29,35,43-44H,2,18-20H2,1H3,(H,36,45)(H,37,46)(H,38,40,41)/t27-,28+,29-,35+/m0/s1. The lowest BCUT2D eigenvalue weighted by Crippen LogP contribution is -2.42. The first-order valence-corrected chi connectivity index (χ1v) is 15.6. The average Bonchev–Trinajstić information content (AvgIpc) is 3.66. The second kappa shape index (κ2) is 14.5. The molecule has 0 aliphatic carbocycles. The highest BCUT2D eigenvalue weighted by atomic mass is 16.6. The third-order valence-electron chi connectivity index (χ3n) is 8.17. The Labute approximate surface area is 271 Å². The summed E-state index contributed by atoms with van der Waals surface area (Å²) in [5.41, 5.74) is 3.78. The number of anilines is 1. The van der Waals surface area contributed by atoms with Gasteiger partial charge in [-0.1, -0.05) is 91.0 Å². The maximum Gasteiger partial charge on any atom is 0.289 e. The molecule has 1 saturated heterocycles. The van der Waals surface area contributed by atoms with Gasteiger partial charge in [-0.25, -0.2) is 15.0 Å². The Balaban J connectivity index is 1.33. The molecule has 47 heavy (non-hydrogen) atoms. The second-order valence-corrected chi connectivity index (χ2v) is 11.3. The van der Waals surface area contributed by atoms with E-state index in [0.717, 1.165) is 16.7 Å². The molecule has 242 valence electrons. The lowest BCUT2D eigenvalue weighted by atomic mass is 9.91. The molecule has 2 aromatic heterocycles. The van der Waals surface area contributed by atoms with Gasteiger partial charge >= 0.3 is 0 Å². The fourth-order valence-electron chi connectivity index (χ4n) is 5.75. The van der Waals surface area contributed by atoms with Gasteiger partial charge in [0, 0.05) is 25.6 Å². The van der Waals surface area contributed by atoms with Gasteiger partial charge in [-0.2, -0.15) is 0 Å². The van der Waals surface area contributed by atoms with Crippen molar-refractivity contribution in [2.24, 2.45) is 0 Å². The summed E-state index contributed by atoms with van der Waals surface area (Å²) >= 11 is 0. The fraction of sp³-hybridized carbons (Fsp3) is 0.286. The van der Waals surface area contributed by atoms with Crippen LogP contribution < -0.4 is 16.0 Å². The van der Waals surface area contributed by atoms with Crippen molar-refractivity contribution < 1.29 is 24.5 Å². The molecule has 2 amide bonds. The monoisotopic (exact) mass is 635 g/mol. The zero-order valence-electron chi connectivity index (χ0n) is 25.9. The molecule has 4 atom stereocenters. The molecule has 3 heterocycles. The predicted octanol–water partition coefficient (Wildman–Crippen LogP) is 2.80. The minimum atomic E-state index is -1.48. The van der Waals surface area contributed by atoms with Crippen LogP contribution in [0.4, 0.5) is 5.82 Å². The van der Waals surface area contributed by atoms with Gasteiger partial charge in [-0.15, -0.1) is 0 Å². The van der Waals surface area contributed by atoms with E-state index in [1.54, 1.807) is 6.92 Å². The fourth-order valence-corrected chi connectivity index (χ4v) is 5.75. The number of nitrogens with zero attached hydrogens (tertiary/aromatic N) is 4. The van der Waals surface area contributed by atoms with Crippen molar-refractivity contribution in [1.29, 1.82) is 0 Å². The summed E-state index contributed by atoms with van der Waals surface area (Å²) in [6, 6.07) is 29.9. The van der Waals surface area contributed by atoms with Gasteiger partial charge in [0.05, 0.1) is 6.33 Å². The zero-order chi connectivity index (χ0) is 32.8. The molecule has 1 fully saturated rings. The van der Waals surface area contributed by atoms with Gasteiger partial charge in [0.15, 0.2) is 29.3 Å². The Bertz CT molecular complexity index is 1760. The van der Waals surface area contributed by atoms with E-state index in [-0.39, 0.29) is 17.4 Å². The quantitative estimate of drug-likeness (QED) is 0.139. The molecule has 3 aromatic carbocycles. The summed E-state index contributed by atoms with van der Waals surface area (Å²) in [7, 11) is 0. The normalized spacial score (nSPS) is 19.1. The first-order valence-electron chi connectivity index (χ1n) is 15.6. The maximum absolute atomic E-state index is 13.4. The number of aromatic nitrogens is 4. The van der Waals surface area contributed by atoms with Gasteiger partial charge < -0.3 is 30.9 Å². The zero-order valence-corrected chi connectivity index (χ0v) is 25.9. The SMILES string of the molecule is CCNC(=O)[C@H]1O[C@@H](n2cnc3c(NCC(c4ccccc4)c4ccccc4)nc(C(=O)NCCc4ccccc4)nc32)[C@H](O)[C@@H]1O. The van der Waals surface area contributed by atoms with Crippen molar-refractivity contribution in [2.75, 3.05) is 25.0 Å². The van der Waals surface area contributed by atoms with Crippen molar-refractivity contribution in [3.8, 4) is 0 Å². The van der Waals surface area contributed by atoms with Crippen LogP contribution in [0.2, 0.25) is 0 Å². The summed E-state index contributed by atoms with van der Waals surface area (Å²) < 4.78 is 7.27. The van der Waals surface area contributed by atoms with E-state index in [0.29, 0.717) is 37.4 Å². The summed E-state index contributed by atoms with van der Waals surface area (Å²) in [5, 5.41) is 30.5. The lowest BCUT2D eigenvalue weighted by Gasteiger charge is -2.20. The highest BCUT2D eigenvalue weighted by molar-refractivity contribution is 5.94. The molecule has 0 unspecified atom stereocenters. The molecule has 0 radical (unpaired) electrons. The van der Waals surface area contributed by atoms with Crippen LogP contribution in [-0.4, -0.2) is 79.5 Å². The average molecular weight is 636 g/mol. The van der Waals surface area contributed by atoms with Crippen LogP contribution in [0.5, 0.6) is 0 Å². The van der Waals surface area contributed by atoms with E-state index in [2.05, 4.69) is 55.2 Å². The number of imidazole rings is 1. The minimum absolute atomic E-state index is 0.0550. The maximum atomic E-state index is 13.4. The predicted molar refractivity (Wildman–Crippen MR) is 176 cm³/mol. The third-order valence-corrected chi connectivity index (χ3v) is 8.17. The van der Waals surface area contributed by atoms with E-state index in [4.69, 9.17) is 4.74 Å². The molecule has 1 aliphatic heterocycles. The molecule has 0 spiro atoms. The van der Waals surface area contributed by atoms with Crippen LogP contribution in [0.1, 0.15) is 46.4 Å². The van der Waals surface area contributed by atoms with Crippen molar-refractivity contribution in [3.05, 3.63) is 120 Å². The molecule has 12 heteroatoms. The van der Waals surface area contributed by atoms with Crippen LogP contribution in [0, 0.1) is 0 Å². The van der Waals surface area contributed by atoms with E-state index in [1.165, 1.54) is 10.9 Å². The molecule has 6 rings (SSSR count). The van der Waals surface area contributed by atoms with Crippen molar-refractivity contribution in [3.63, 3.8) is 0 Å². The molecular formula is C35H37N7O5. The van der Waals surface area contributed by atoms with Gasteiger partial charge in [0.1, 0.15) is 12.2 Å². The summed E-state index contributed by atoms with van der Waals surface area (Å²) in [6.45, 7) is 2.86. The number of hydrogen-bond donors (Lipinski definition) is 5. The molecule has 5 N–H and O–H groups in total. The topological polar surface area (TPSA) is 164 Å². The summed E-state index contributed by atoms with van der Waals surface area (Å²) in [6.07, 6.45) is -3.43. The number of nitrogens with one attached hydrogen (secondary N) is 3. The Morgan fingerprint density at radius 2 is 1.51 bits per heavy atom. The number of fused-ring (bicyclic) bond motifs is 1. The molecule has 12 nitrogen and oxygen atoms in total. The molecular weight excluding hydrogens is 598 g/mol. The lowest BCUT2D eigenvalue weighted by molar-refractivity contribution is -0.137. The number of carbonyl (C=O) groups is 2. The van der Waals surface area contributed by atoms with Crippen LogP contribution in [-0.2, 0) is 16.0 Å². The first kappa shape index (κ1) is 31.8. The number of likely N-dealkylation sites (N-methyl/N-ethyl adjacent to an activating group) is 1. The smallest absolute Gasteiger partial charge is 0.289 e. The van der Waals surface area contributed by atoms with E-state index >= 15 is 0 Å². The molecule has 1 aliphatic rings. The van der Waals surface area contributed by atoms with Crippen LogP contribution in [0.3, 0.4) is 0 Å². The number of carbonyl (C=O) groups excluding carboxylic acids is 2. The van der Waals surface area contributed by atoms with E-state index in [9.17, 15) is 19.8 Å². The highest BCUT2D eigenvalue weighted by Gasteiger charge is 2.47. The Hall–Kier alpha value is -5.17. The van der Waals surface area contributed by atoms with Crippen LogP contribution in [0.25, 0.3) is 11.2 Å². The Morgan fingerprint density at radius 1 is 0.872 bits per heavy atom. The van der Waals surface area contributed by atoms with Gasteiger partial charge in [0.2, 0.25) is 5.82 Å². The minimum Gasteiger partial charge on any atom is -0.387 e. The van der Waals surface area contributed by atoms with Crippen LogP contribution >= 0.6 is 0 Å². The van der Waals surface area contributed by atoms with Crippen molar-refractivity contribution in [1.82, 2.24) is 30.2 Å². The van der Waals surface area contributed by atoms with Crippen molar-refractivity contribution in [2.45, 2.75) is 43.8 Å². The number of ether oxygens (including phenoxy) is 1. The summed E-state index contributed by atoms with van der Waals surface area (Å²) in [4.78, 5) is 39.6. The van der Waals surface area contributed by atoms with Gasteiger partial charge in [0.25, 0.3) is 11.8 Å². The Kier molecular flexibility index (Phi) is 9.81.